The van der Waals surface area contributed by atoms with Crippen LogP contribution in [0.15, 0.2) is 56.7 Å². The van der Waals surface area contributed by atoms with Crippen LogP contribution in [0.1, 0.15) is 24.5 Å². The molecule has 7 nitrogen and oxygen atoms in total. The summed E-state index contributed by atoms with van der Waals surface area (Å²) in [5, 5.41) is 10.9. The molecule has 0 aliphatic carbocycles. The van der Waals surface area contributed by atoms with Gasteiger partial charge >= 0.3 is 5.63 Å². The number of rotatable bonds is 7. The lowest BCUT2D eigenvalue weighted by molar-refractivity contribution is 0.120. The molecule has 1 aliphatic rings. The molecule has 0 saturated carbocycles. The van der Waals surface area contributed by atoms with Crippen LogP contribution >= 0.6 is 0 Å². The molecular weight excluding hydrogens is 374 g/mol. The van der Waals surface area contributed by atoms with Crippen molar-refractivity contribution >= 4 is 16.7 Å². The molecule has 2 aromatic carbocycles. The standard InChI is InChI=1S/C22H21NO6/c1-14(20-21(24)16-5-2-3-6-17(16)29-22(20)25)23-9-4-10-26-12-15-7-8-18-19(11-15)28-13-27-18/h2-3,5-8,11,24H,4,9-10,12-13H2,1H3. The molecule has 0 fully saturated rings. The van der Waals surface area contributed by atoms with Crippen LogP contribution < -0.4 is 15.1 Å². The molecule has 0 atom stereocenters. The van der Waals surface area contributed by atoms with E-state index in [1.165, 1.54) is 0 Å². The first-order valence-corrected chi connectivity index (χ1v) is 9.36. The van der Waals surface area contributed by atoms with E-state index >= 15 is 0 Å². The van der Waals surface area contributed by atoms with Crippen LogP contribution in [-0.2, 0) is 11.3 Å². The van der Waals surface area contributed by atoms with Gasteiger partial charge in [-0.2, -0.15) is 0 Å². The minimum Gasteiger partial charge on any atom is -0.506 e. The van der Waals surface area contributed by atoms with Crippen molar-refractivity contribution in [2.45, 2.75) is 20.0 Å². The largest absolute Gasteiger partial charge is 0.506 e. The number of hydrogen-bond donors (Lipinski definition) is 1. The maximum Gasteiger partial charge on any atom is 0.349 e. The van der Waals surface area contributed by atoms with Gasteiger partial charge in [0.15, 0.2) is 11.5 Å². The second kappa shape index (κ2) is 8.36. The monoisotopic (exact) mass is 395 g/mol. The molecule has 0 radical (unpaired) electrons. The topological polar surface area (TPSA) is 90.5 Å². The van der Waals surface area contributed by atoms with Gasteiger partial charge in [-0.25, -0.2) is 4.79 Å². The Hall–Kier alpha value is -3.32. The van der Waals surface area contributed by atoms with Crippen LogP contribution in [0.5, 0.6) is 17.2 Å². The van der Waals surface area contributed by atoms with Crippen LogP contribution in [-0.4, -0.2) is 30.8 Å². The Morgan fingerprint density at radius 1 is 1.17 bits per heavy atom. The summed E-state index contributed by atoms with van der Waals surface area (Å²) in [5.74, 6) is 1.39. The summed E-state index contributed by atoms with van der Waals surface area (Å²) in [6.45, 7) is 3.40. The van der Waals surface area contributed by atoms with Crippen molar-refractivity contribution in [2.24, 2.45) is 4.99 Å². The van der Waals surface area contributed by atoms with Gasteiger partial charge in [0.05, 0.1) is 17.7 Å². The van der Waals surface area contributed by atoms with E-state index in [0.717, 1.165) is 17.1 Å². The van der Waals surface area contributed by atoms with Gasteiger partial charge in [0, 0.05) is 13.2 Å². The van der Waals surface area contributed by atoms with Crippen molar-refractivity contribution < 1.29 is 23.7 Å². The fourth-order valence-corrected chi connectivity index (χ4v) is 3.17. The molecule has 7 heteroatoms. The average Bonchev–Trinajstić information content (AvgIpc) is 3.18. The van der Waals surface area contributed by atoms with Crippen LogP contribution in [0.2, 0.25) is 0 Å². The Bertz CT molecular complexity index is 1120. The van der Waals surface area contributed by atoms with Gasteiger partial charge in [-0.05, 0) is 43.2 Å². The summed E-state index contributed by atoms with van der Waals surface area (Å²) in [6, 6.07) is 12.6. The van der Waals surface area contributed by atoms with E-state index in [2.05, 4.69) is 4.99 Å². The summed E-state index contributed by atoms with van der Waals surface area (Å²) in [4.78, 5) is 16.6. The quantitative estimate of drug-likeness (QED) is 0.373. The van der Waals surface area contributed by atoms with Crippen molar-refractivity contribution in [3.8, 4) is 17.2 Å². The minimum absolute atomic E-state index is 0.0999. The van der Waals surface area contributed by atoms with Gasteiger partial charge in [0.25, 0.3) is 0 Å². The highest BCUT2D eigenvalue weighted by Crippen LogP contribution is 2.32. The minimum atomic E-state index is -0.596. The molecule has 150 valence electrons. The zero-order chi connectivity index (χ0) is 20.2. The van der Waals surface area contributed by atoms with Crippen molar-refractivity contribution in [2.75, 3.05) is 19.9 Å². The van der Waals surface area contributed by atoms with Crippen LogP contribution in [0.25, 0.3) is 11.0 Å². The van der Waals surface area contributed by atoms with E-state index in [4.69, 9.17) is 18.6 Å². The molecule has 0 bridgehead atoms. The Kier molecular flexibility index (Phi) is 5.48. The number of fused-ring (bicyclic) bond motifs is 2. The number of aromatic hydroxyl groups is 1. The number of hydrogen-bond acceptors (Lipinski definition) is 7. The number of benzene rings is 2. The molecule has 29 heavy (non-hydrogen) atoms. The fraction of sp³-hybridized carbons (Fsp3) is 0.273. The molecule has 1 aromatic heterocycles. The normalized spacial score (nSPS) is 13.2. The first-order valence-electron chi connectivity index (χ1n) is 9.36. The molecule has 0 unspecified atom stereocenters. The summed E-state index contributed by atoms with van der Waals surface area (Å²) in [6.07, 6.45) is 0.682. The van der Waals surface area contributed by atoms with Crippen molar-refractivity contribution in [1.29, 1.82) is 0 Å². The molecular formula is C22H21NO6. The van der Waals surface area contributed by atoms with Crippen molar-refractivity contribution in [3.05, 3.63) is 64.0 Å². The van der Waals surface area contributed by atoms with Gasteiger partial charge in [-0.1, -0.05) is 18.2 Å². The Labute approximate surface area is 167 Å². The predicted molar refractivity (Wildman–Crippen MR) is 108 cm³/mol. The van der Waals surface area contributed by atoms with E-state index in [-0.39, 0.29) is 18.1 Å². The maximum atomic E-state index is 12.2. The highest BCUT2D eigenvalue weighted by Gasteiger charge is 2.16. The summed E-state index contributed by atoms with van der Waals surface area (Å²) < 4.78 is 21.6. The lowest BCUT2D eigenvalue weighted by Gasteiger charge is -2.07. The van der Waals surface area contributed by atoms with Crippen LogP contribution in [0.4, 0.5) is 0 Å². The van der Waals surface area contributed by atoms with E-state index in [9.17, 15) is 9.90 Å². The highest BCUT2D eigenvalue weighted by atomic mass is 16.7. The number of nitrogens with zero attached hydrogens (tertiary/aromatic N) is 1. The van der Waals surface area contributed by atoms with Gasteiger partial charge in [-0.3, -0.25) is 4.99 Å². The summed E-state index contributed by atoms with van der Waals surface area (Å²) >= 11 is 0. The van der Waals surface area contributed by atoms with Gasteiger partial charge in [-0.15, -0.1) is 0 Å². The number of para-hydroxylation sites is 1. The molecule has 4 rings (SSSR count). The molecule has 3 aromatic rings. The molecule has 0 spiro atoms. The van der Waals surface area contributed by atoms with Crippen LogP contribution in [0, 0.1) is 0 Å². The van der Waals surface area contributed by atoms with E-state index < -0.39 is 5.63 Å². The second-order valence-corrected chi connectivity index (χ2v) is 6.67. The van der Waals surface area contributed by atoms with Crippen molar-refractivity contribution in [1.82, 2.24) is 0 Å². The lowest BCUT2D eigenvalue weighted by atomic mass is 10.1. The van der Waals surface area contributed by atoms with Crippen molar-refractivity contribution in [3.63, 3.8) is 0 Å². The lowest BCUT2D eigenvalue weighted by Crippen LogP contribution is -2.13. The Balaban J connectivity index is 1.32. The zero-order valence-electron chi connectivity index (χ0n) is 16.0. The van der Waals surface area contributed by atoms with Crippen LogP contribution in [0.3, 0.4) is 0 Å². The third-order valence-corrected chi connectivity index (χ3v) is 4.65. The second-order valence-electron chi connectivity index (χ2n) is 6.67. The van der Waals surface area contributed by atoms with E-state index in [0.29, 0.717) is 42.9 Å². The molecule has 0 amide bonds. The first-order chi connectivity index (χ1) is 14.1. The van der Waals surface area contributed by atoms with E-state index in [1.807, 2.05) is 18.2 Å². The zero-order valence-corrected chi connectivity index (χ0v) is 16.0. The Morgan fingerprint density at radius 2 is 2.00 bits per heavy atom. The fourth-order valence-electron chi connectivity index (χ4n) is 3.17. The number of aliphatic imine (C=N–C) groups is 1. The highest BCUT2D eigenvalue weighted by molar-refractivity contribution is 6.04. The molecule has 1 N–H and O–H groups in total. The molecule has 2 heterocycles. The summed E-state index contributed by atoms with van der Waals surface area (Å²) in [5.41, 5.74) is 1.31. The maximum absolute atomic E-state index is 12.2. The first kappa shape index (κ1) is 19.0. The van der Waals surface area contributed by atoms with E-state index in [1.54, 1.807) is 31.2 Å². The smallest absolute Gasteiger partial charge is 0.349 e. The Morgan fingerprint density at radius 3 is 2.90 bits per heavy atom. The predicted octanol–water partition coefficient (Wildman–Crippen LogP) is 3.64. The molecule has 0 saturated heterocycles. The summed E-state index contributed by atoms with van der Waals surface area (Å²) in [7, 11) is 0. The third-order valence-electron chi connectivity index (χ3n) is 4.65. The molecule has 1 aliphatic heterocycles. The van der Waals surface area contributed by atoms with Gasteiger partial charge in [0.2, 0.25) is 6.79 Å². The SMILES string of the molecule is CC(=NCCCOCc1ccc2c(c1)OCO2)c1c(O)c2ccccc2oc1=O. The number of ether oxygens (including phenoxy) is 3. The average molecular weight is 395 g/mol. The third kappa shape index (κ3) is 4.09. The van der Waals surface area contributed by atoms with Gasteiger partial charge < -0.3 is 23.7 Å². The van der Waals surface area contributed by atoms with Gasteiger partial charge in [0.1, 0.15) is 16.9 Å².